The first-order chi connectivity index (χ1) is 16.4. The van der Waals surface area contributed by atoms with Crippen LogP contribution in [0, 0.1) is 0 Å². The second-order valence-electron chi connectivity index (χ2n) is 9.36. The zero-order chi connectivity index (χ0) is 24.8. The summed E-state index contributed by atoms with van der Waals surface area (Å²) in [6, 6.07) is 1.13. The van der Waals surface area contributed by atoms with Crippen LogP contribution in [-0.2, 0) is 9.53 Å². The molecular weight excluding hydrogens is 438 g/mol. The topological polar surface area (TPSA) is 134 Å². The number of carbonyl (C=O) groups excluding carboxylic acids is 1. The number of nitrogens with one attached hydrogen (secondary N) is 2. The van der Waals surface area contributed by atoms with Gasteiger partial charge in [-0.3, -0.25) is 19.1 Å². The van der Waals surface area contributed by atoms with Gasteiger partial charge in [0, 0.05) is 25.2 Å². The normalized spacial score (nSPS) is 22.2. The van der Waals surface area contributed by atoms with E-state index in [9.17, 15) is 24.6 Å². The lowest BCUT2D eigenvalue weighted by Gasteiger charge is -2.16. The molecule has 1 fully saturated rings. The molecular formula is C25H43N3O6. The van der Waals surface area contributed by atoms with Crippen LogP contribution in [0.3, 0.4) is 0 Å². The fourth-order valence-corrected chi connectivity index (χ4v) is 4.36. The summed E-state index contributed by atoms with van der Waals surface area (Å²) in [5, 5.41) is 23.2. The first-order valence-electron chi connectivity index (χ1n) is 13.0. The van der Waals surface area contributed by atoms with E-state index in [1.807, 2.05) is 0 Å². The van der Waals surface area contributed by atoms with E-state index >= 15 is 0 Å². The third kappa shape index (κ3) is 9.72. The van der Waals surface area contributed by atoms with E-state index in [-0.39, 0.29) is 12.5 Å². The molecule has 9 nitrogen and oxygen atoms in total. The molecule has 1 amide bonds. The quantitative estimate of drug-likeness (QED) is 0.253. The fourth-order valence-electron chi connectivity index (χ4n) is 4.36. The average Bonchev–Trinajstić information content (AvgIpc) is 3.09. The monoisotopic (exact) mass is 481 g/mol. The summed E-state index contributed by atoms with van der Waals surface area (Å²) in [6.45, 7) is 2.28. The fraction of sp³-hybridized carbons (Fsp3) is 0.800. The van der Waals surface area contributed by atoms with Crippen LogP contribution in [0.4, 0.5) is 0 Å². The minimum Gasteiger partial charge on any atom is -0.387 e. The largest absolute Gasteiger partial charge is 0.387 e. The number of amides is 1. The van der Waals surface area contributed by atoms with Gasteiger partial charge in [0.25, 0.3) is 5.56 Å². The number of aromatic nitrogens is 2. The number of carbonyl (C=O) groups is 1. The molecule has 9 heteroatoms. The van der Waals surface area contributed by atoms with Crippen molar-refractivity contribution in [3.63, 3.8) is 0 Å². The zero-order valence-electron chi connectivity index (χ0n) is 20.5. The molecule has 4 atom stereocenters. The highest BCUT2D eigenvalue weighted by atomic mass is 16.6. The van der Waals surface area contributed by atoms with Crippen molar-refractivity contribution >= 4 is 5.91 Å². The summed E-state index contributed by atoms with van der Waals surface area (Å²) in [7, 11) is 0. The number of unbranched alkanes of at least 4 members (excludes halogenated alkanes) is 12. The molecule has 4 N–H and O–H groups in total. The minimum absolute atomic E-state index is 0.0319. The van der Waals surface area contributed by atoms with Gasteiger partial charge in [-0.2, -0.15) is 0 Å². The number of hydrogen-bond acceptors (Lipinski definition) is 6. The Balaban J connectivity index is 1.53. The molecule has 1 aliphatic rings. The number of aliphatic hydroxyl groups excluding tert-OH is 2. The number of aromatic amines is 1. The summed E-state index contributed by atoms with van der Waals surface area (Å²) in [4.78, 5) is 37.3. The SMILES string of the molecule is CCCCCCCCCCCCCCCC(=O)NC[C@H]1O[C@@H](n2ccc(=O)[nH]c2=O)[C@H](O)[C@@H]1O. The van der Waals surface area contributed by atoms with Gasteiger partial charge in [0.1, 0.15) is 18.3 Å². The first kappa shape index (κ1) is 28.3. The highest BCUT2D eigenvalue weighted by Crippen LogP contribution is 2.27. The zero-order valence-corrected chi connectivity index (χ0v) is 20.5. The van der Waals surface area contributed by atoms with Crippen LogP contribution in [0.5, 0.6) is 0 Å². The van der Waals surface area contributed by atoms with E-state index in [1.165, 1.54) is 70.4 Å². The number of rotatable bonds is 17. The molecule has 0 aromatic carbocycles. The van der Waals surface area contributed by atoms with Gasteiger partial charge in [-0.25, -0.2) is 4.79 Å². The van der Waals surface area contributed by atoms with Gasteiger partial charge in [-0.15, -0.1) is 0 Å². The van der Waals surface area contributed by atoms with Crippen molar-refractivity contribution in [2.24, 2.45) is 0 Å². The molecule has 194 valence electrons. The molecule has 0 unspecified atom stereocenters. The van der Waals surface area contributed by atoms with E-state index in [4.69, 9.17) is 4.74 Å². The molecule has 1 aliphatic heterocycles. The Morgan fingerprint density at radius 2 is 1.50 bits per heavy atom. The van der Waals surface area contributed by atoms with Gasteiger partial charge in [-0.05, 0) is 6.42 Å². The molecule has 1 saturated heterocycles. The summed E-state index contributed by atoms with van der Waals surface area (Å²) in [6.07, 6.45) is 13.2. The van der Waals surface area contributed by atoms with Crippen LogP contribution in [0.15, 0.2) is 21.9 Å². The smallest absolute Gasteiger partial charge is 0.330 e. The second-order valence-corrected chi connectivity index (χ2v) is 9.36. The maximum Gasteiger partial charge on any atom is 0.330 e. The molecule has 1 aromatic heterocycles. The van der Waals surface area contributed by atoms with Crippen molar-refractivity contribution in [3.8, 4) is 0 Å². The molecule has 0 spiro atoms. The maximum absolute atomic E-state index is 12.1. The summed E-state index contributed by atoms with van der Waals surface area (Å²) < 4.78 is 6.61. The van der Waals surface area contributed by atoms with E-state index in [1.54, 1.807) is 0 Å². The Morgan fingerprint density at radius 1 is 0.941 bits per heavy atom. The number of hydrogen-bond donors (Lipinski definition) is 4. The highest BCUT2D eigenvalue weighted by molar-refractivity contribution is 5.75. The van der Waals surface area contributed by atoms with Gasteiger partial charge in [-0.1, -0.05) is 84.0 Å². The predicted octanol–water partition coefficient (Wildman–Crippen LogP) is 2.75. The maximum atomic E-state index is 12.1. The Morgan fingerprint density at radius 3 is 2.06 bits per heavy atom. The molecule has 0 saturated carbocycles. The van der Waals surface area contributed by atoms with Crippen LogP contribution in [-0.4, -0.2) is 50.5 Å². The van der Waals surface area contributed by atoms with Crippen LogP contribution in [0.2, 0.25) is 0 Å². The lowest BCUT2D eigenvalue weighted by Crippen LogP contribution is -2.40. The van der Waals surface area contributed by atoms with Gasteiger partial charge in [0.2, 0.25) is 5.91 Å². The minimum atomic E-state index is -1.36. The van der Waals surface area contributed by atoms with Crippen molar-refractivity contribution in [1.82, 2.24) is 14.9 Å². The van der Waals surface area contributed by atoms with Crippen molar-refractivity contribution in [3.05, 3.63) is 33.1 Å². The number of nitrogens with zero attached hydrogens (tertiary/aromatic N) is 1. The molecule has 2 rings (SSSR count). The third-order valence-electron chi connectivity index (χ3n) is 6.47. The summed E-state index contributed by atoms with van der Waals surface area (Å²) >= 11 is 0. The Kier molecular flexibility index (Phi) is 13.2. The van der Waals surface area contributed by atoms with Crippen molar-refractivity contribution < 1.29 is 19.7 Å². The van der Waals surface area contributed by atoms with Crippen LogP contribution in [0.1, 0.15) is 103 Å². The second kappa shape index (κ2) is 15.8. The standard InChI is InChI=1S/C25H43N3O6/c1-2-3-4-5-6-7-8-9-10-11-12-13-14-15-20(29)26-18-19-22(31)23(32)24(34-19)28-17-16-21(30)27-25(28)33/h16-17,19,22-24,31-32H,2-15,18H2,1H3,(H,26,29)(H,27,30,33)/t19-,22-,23-,24-/m1/s1. The van der Waals surface area contributed by atoms with Gasteiger partial charge in [0.15, 0.2) is 6.23 Å². The van der Waals surface area contributed by atoms with Gasteiger partial charge < -0.3 is 20.3 Å². The molecule has 0 bridgehead atoms. The van der Waals surface area contributed by atoms with Crippen LogP contribution < -0.4 is 16.6 Å². The van der Waals surface area contributed by atoms with Crippen LogP contribution >= 0.6 is 0 Å². The Bertz CT molecular complexity index is 823. The van der Waals surface area contributed by atoms with E-state index in [2.05, 4.69) is 17.2 Å². The average molecular weight is 482 g/mol. The molecule has 1 aromatic rings. The molecule has 0 aliphatic carbocycles. The molecule has 2 heterocycles. The summed E-state index contributed by atoms with van der Waals surface area (Å²) in [5.74, 6) is -0.127. The van der Waals surface area contributed by atoms with Crippen molar-refractivity contribution in [2.75, 3.05) is 6.54 Å². The van der Waals surface area contributed by atoms with E-state index in [0.717, 1.165) is 29.9 Å². The van der Waals surface area contributed by atoms with E-state index in [0.29, 0.717) is 6.42 Å². The number of H-pyrrole nitrogens is 1. The molecule has 34 heavy (non-hydrogen) atoms. The third-order valence-corrected chi connectivity index (χ3v) is 6.47. The van der Waals surface area contributed by atoms with Crippen molar-refractivity contribution in [2.45, 2.75) is 121 Å². The Labute approximate surface area is 201 Å². The lowest BCUT2D eigenvalue weighted by molar-refractivity contribution is -0.122. The Hall–Kier alpha value is -1.97. The summed E-state index contributed by atoms with van der Waals surface area (Å²) in [5.41, 5.74) is -1.30. The van der Waals surface area contributed by atoms with Gasteiger partial charge >= 0.3 is 5.69 Å². The molecule has 0 radical (unpaired) electrons. The lowest BCUT2D eigenvalue weighted by atomic mass is 10.0. The predicted molar refractivity (Wildman–Crippen MR) is 131 cm³/mol. The van der Waals surface area contributed by atoms with E-state index < -0.39 is 35.8 Å². The van der Waals surface area contributed by atoms with Crippen LogP contribution in [0.25, 0.3) is 0 Å². The number of aliphatic hydroxyl groups is 2. The first-order valence-corrected chi connectivity index (χ1v) is 13.0. The van der Waals surface area contributed by atoms with Crippen molar-refractivity contribution in [1.29, 1.82) is 0 Å². The number of ether oxygens (including phenoxy) is 1. The van der Waals surface area contributed by atoms with Gasteiger partial charge in [0.05, 0.1) is 0 Å². The highest BCUT2D eigenvalue weighted by Gasteiger charge is 2.44.